The minimum atomic E-state index is -4.11. The van der Waals surface area contributed by atoms with Crippen molar-refractivity contribution in [2.24, 2.45) is 0 Å². The van der Waals surface area contributed by atoms with Crippen molar-refractivity contribution in [2.75, 3.05) is 13.2 Å². The Hall–Kier alpha value is -0.130. The van der Waals surface area contributed by atoms with Gasteiger partial charge in [-0.3, -0.25) is 0 Å². The third kappa shape index (κ3) is 5.93. The Morgan fingerprint density at radius 2 is 1.65 bits per heavy atom. The molecule has 1 N–H and O–H groups in total. The first kappa shape index (κ1) is 22.2. The van der Waals surface area contributed by atoms with Gasteiger partial charge >= 0.3 is 5.97 Å². The van der Waals surface area contributed by atoms with Crippen molar-refractivity contribution >= 4 is 83.8 Å². The normalized spacial score (nSPS) is 11.4. The zero-order chi connectivity index (χ0) is 19.5. The van der Waals surface area contributed by atoms with E-state index >= 15 is 0 Å². The molecule has 0 fully saturated rings. The molecule has 2 rings (SSSR count). The molecule has 0 aromatic heterocycles. The van der Waals surface area contributed by atoms with Gasteiger partial charge < -0.3 is 4.74 Å². The van der Waals surface area contributed by atoms with E-state index in [1.807, 2.05) is 28.7 Å². The van der Waals surface area contributed by atoms with Gasteiger partial charge in [-0.15, -0.1) is 0 Å². The van der Waals surface area contributed by atoms with E-state index in [2.05, 4.69) is 49.9 Å². The lowest BCUT2D eigenvalue weighted by molar-refractivity contribution is 0.0511. The Bertz CT molecular complexity index is 934. The summed E-state index contributed by atoms with van der Waals surface area (Å²) in [6, 6.07) is 5.56. The van der Waals surface area contributed by atoms with Crippen molar-refractivity contribution in [3.05, 3.63) is 58.2 Å². The van der Waals surface area contributed by atoms with Gasteiger partial charge in [0.2, 0.25) is 10.0 Å². The molecule has 0 saturated heterocycles. The molecule has 0 unspecified atom stereocenters. The molecule has 2 aromatic carbocycles. The number of sulfonamides is 1. The molecule has 5 nitrogen and oxygen atoms in total. The number of benzene rings is 2. The summed E-state index contributed by atoms with van der Waals surface area (Å²) in [6.45, 7) is -0.461. The van der Waals surface area contributed by atoms with Crippen molar-refractivity contribution in [3.63, 3.8) is 0 Å². The second-order valence-electron chi connectivity index (χ2n) is 4.89. The van der Waals surface area contributed by atoms with Gasteiger partial charge in [0.15, 0.2) is 0 Å². The van der Waals surface area contributed by atoms with Gasteiger partial charge in [-0.25, -0.2) is 26.7 Å². The van der Waals surface area contributed by atoms with E-state index in [1.54, 1.807) is 6.07 Å². The third-order valence-electron chi connectivity index (χ3n) is 2.99. The lowest BCUT2D eigenvalue weighted by Gasteiger charge is -2.10. The van der Waals surface area contributed by atoms with Gasteiger partial charge in [-0.05, 0) is 92.0 Å². The summed E-state index contributed by atoms with van der Waals surface area (Å²) in [5.74, 6) is -2.58. The molecule has 2 aromatic rings. The Morgan fingerprint density at radius 3 is 2.27 bits per heavy atom. The van der Waals surface area contributed by atoms with E-state index < -0.39 is 32.5 Å². The summed E-state index contributed by atoms with van der Waals surface area (Å²) in [5.41, 5.74) is 0.386. The number of esters is 1. The number of rotatable bonds is 6. The van der Waals surface area contributed by atoms with Gasteiger partial charge in [-0.2, -0.15) is 0 Å². The van der Waals surface area contributed by atoms with Crippen LogP contribution in [0.5, 0.6) is 0 Å². The average molecular weight is 719 g/mol. The molecule has 0 bridgehead atoms. The smallest absolute Gasteiger partial charge is 0.339 e. The standard InChI is InChI=1S/C15H10F2I3NO4S/c16-8-3-9(17)5-11(4-8)26(23,24)21-1-2-25-15(22)12-6-10(18)7-13(19)14(12)20/h3-7,21H,1-2H2. The van der Waals surface area contributed by atoms with E-state index in [-0.39, 0.29) is 13.2 Å². The summed E-state index contributed by atoms with van der Waals surface area (Å²) in [4.78, 5) is 11.6. The zero-order valence-corrected chi connectivity index (χ0v) is 20.0. The average Bonchev–Trinajstić information content (AvgIpc) is 2.53. The van der Waals surface area contributed by atoms with Crippen molar-refractivity contribution in [3.8, 4) is 0 Å². The molecule has 0 spiro atoms. The van der Waals surface area contributed by atoms with E-state index in [4.69, 9.17) is 4.74 Å². The topological polar surface area (TPSA) is 72.5 Å². The van der Waals surface area contributed by atoms with Gasteiger partial charge in [0.05, 0.1) is 10.5 Å². The Kier molecular flexibility index (Phi) is 7.99. The predicted octanol–water partition coefficient (Wildman–Crippen LogP) is 3.91. The fourth-order valence-corrected chi connectivity index (χ4v) is 5.30. The molecule has 0 aliphatic rings. The number of hydrogen-bond acceptors (Lipinski definition) is 4. The van der Waals surface area contributed by atoms with Crippen molar-refractivity contribution in [1.82, 2.24) is 4.72 Å². The number of carbonyl (C=O) groups is 1. The summed E-state index contributed by atoms with van der Waals surface area (Å²) >= 11 is 6.21. The van der Waals surface area contributed by atoms with Crippen LogP contribution >= 0.6 is 67.8 Å². The molecule has 26 heavy (non-hydrogen) atoms. The highest BCUT2D eigenvalue weighted by molar-refractivity contribution is 14.1. The van der Waals surface area contributed by atoms with Gasteiger partial charge in [0, 0.05) is 23.3 Å². The van der Waals surface area contributed by atoms with Crippen LogP contribution in [0.2, 0.25) is 0 Å². The van der Waals surface area contributed by atoms with E-state index in [1.165, 1.54) is 0 Å². The highest BCUT2D eigenvalue weighted by atomic mass is 127. The van der Waals surface area contributed by atoms with Crippen molar-refractivity contribution < 1.29 is 26.7 Å². The Morgan fingerprint density at radius 1 is 1.04 bits per heavy atom. The summed E-state index contributed by atoms with van der Waals surface area (Å²) < 4.78 is 60.0. The second kappa shape index (κ2) is 9.38. The maximum Gasteiger partial charge on any atom is 0.339 e. The molecular formula is C15H10F2I3NO4S. The summed E-state index contributed by atoms with van der Waals surface area (Å²) in [7, 11) is -4.11. The quantitative estimate of drug-likeness (QED) is 0.213. The molecule has 0 radical (unpaired) electrons. The first-order chi connectivity index (χ1) is 12.1. The molecule has 0 saturated carbocycles. The number of carbonyl (C=O) groups excluding carboxylic acids is 1. The monoisotopic (exact) mass is 719 g/mol. The molecule has 0 atom stereocenters. The molecule has 11 heteroatoms. The summed E-state index contributed by atoms with van der Waals surface area (Å²) in [6.07, 6.45) is 0. The van der Waals surface area contributed by atoms with Gasteiger partial charge in [0.25, 0.3) is 0 Å². The number of ether oxygens (including phenoxy) is 1. The largest absolute Gasteiger partial charge is 0.461 e. The predicted molar refractivity (Wildman–Crippen MR) is 116 cm³/mol. The van der Waals surface area contributed by atoms with Crippen LogP contribution in [0, 0.1) is 22.3 Å². The van der Waals surface area contributed by atoms with Gasteiger partial charge in [0.1, 0.15) is 18.2 Å². The van der Waals surface area contributed by atoms with Crippen LogP contribution in [0.1, 0.15) is 10.4 Å². The second-order valence-corrected chi connectivity index (χ2v) is 10.1. The zero-order valence-electron chi connectivity index (χ0n) is 12.7. The van der Waals surface area contributed by atoms with Crippen LogP contribution in [-0.2, 0) is 14.8 Å². The lowest BCUT2D eigenvalue weighted by Crippen LogP contribution is -2.28. The van der Waals surface area contributed by atoms with Crippen LogP contribution in [-0.4, -0.2) is 27.5 Å². The minimum absolute atomic E-state index is 0.228. The molecule has 0 heterocycles. The summed E-state index contributed by atoms with van der Waals surface area (Å²) in [5, 5.41) is 0. The minimum Gasteiger partial charge on any atom is -0.461 e. The highest BCUT2D eigenvalue weighted by Crippen LogP contribution is 2.23. The number of halogens is 5. The number of nitrogens with one attached hydrogen (secondary N) is 1. The van der Waals surface area contributed by atoms with Crippen LogP contribution in [0.3, 0.4) is 0 Å². The maximum absolute atomic E-state index is 13.1. The molecule has 0 amide bonds. The van der Waals surface area contributed by atoms with Crippen LogP contribution in [0.25, 0.3) is 0 Å². The highest BCUT2D eigenvalue weighted by Gasteiger charge is 2.18. The third-order valence-corrected chi connectivity index (χ3v) is 8.09. The maximum atomic E-state index is 13.1. The first-order valence-electron chi connectivity index (χ1n) is 6.87. The SMILES string of the molecule is O=C(OCCNS(=O)(=O)c1cc(F)cc(F)c1)c1cc(I)cc(I)c1I. The van der Waals surface area contributed by atoms with Crippen LogP contribution in [0.4, 0.5) is 8.78 Å². The number of hydrogen-bond donors (Lipinski definition) is 1. The van der Waals surface area contributed by atoms with E-state index in [9.17, 15) is 22.0 Å². The van der Waals surface area contributed by atoms with E-state index in [0.717, 1.165) is 10.7 Å². The van der Waals surface area contributed by atoms with Crippen LogP contribution < -0.4 is 4.72 Å². The van der Waals surface area contributed by atoms with Crippen LogP contribution in [0.15, 0.2) is 35.2 Å². The fourth-order valence-electron chi connectivity index (χ4n) is 1.87. The molecule has 0 aliphatic heterocycles. The fraction of sp³-hybridized carbons (Fsp3) is 0.133. The Balaban J connectivity index is 1.97. The van der Waals surface area contributed by atoms with Gasteiger partial charge in [-0.1, -0.05) is 0 Å². The Labute approximate surface area is 189 Å². The van der Waals surface area contributed by atoms with E-state index in [0.29, 0.717) is 23.8 Å². The molecular weight excluding hydrogens is 709 g/mol. The molecule has 140 valence electrons. The molecule has 0 aliphatic carbocycles. The lowest BCUT2D eigenvalue weighted by atomic mass is 10.2. The van der Waals surface area contributed by atoms with Crippen molar-refractivity contribution in [1.29, 1.82) is 0 Å². The van der Waals surface area contributed by atoms with Crippen molar-refractivity contribution in [2.45, 2.75) is 4.90 Å². The first-order valence-corrected chi connectivity index (χ1v) is 11.6.